The first-order valence-electron chi connectivity index (χ1n) is 8.97. The Hall–Kier alpha value is -2.52. The first-order valence-corrected chi connectivity index (χ1v) is 8.97. The zero-order chi connectivity index (χ0) is 17.2. The van der Waals surface area contributed by atoms with Crippen LogP contribution in [0.1, 0.15) is 29.8 Å². The lowest BCUT2D eigenvalue weighted by Gasteiger charge is -2.24. The summed E-state index contributed by atoms with van der Waals surface area (Å²) in [5, 5.41) is 0. The Labute approximate surface area is 149 Å². The maximum Gasteiger partial charge on any atom is 0.158 e. The fourth-order valence-electron chi connectivity index (χ4n) is 3.50. The Bertz CT molecular complexity index is 850. The van der Waals surface area contributed by atoms with Crippen LogP contribution >= 0.6 is 0 Å². The number of aryl methyl sites for hydroxylation is 2. The van der Waals surface area contributed by atoms with Crippen LogP contribution < -0.4 is 4.90 Å². The molecule has 1 aromatic heterocycles. The fourth-order valence-corrected chi connectivity index (χ4v) is 3.50. The van der Waals surface area contributed by atoms with Crippen LogP contribution in [0, 0.1) is 6.92 Å². The summed E-state index contributed by atoms with van der Waals surface area (Å²) in [6.45, 7) is 6.01. The molecule has 0 aliphatic carbocycles. The topological polar surface area (TPSA) is 17.4 Å². The molecule has 4 rings (SSSR count). The van der Waals surface area contributed by atoms with E-state index >= 15 is 0 Å². The summed E-state index contributed by atoms with van der Waals surface area (Å²) in [7, 11) is 0. The molecule has 128 valence electrons. The van der Waals surface area contributed by atoms with Crippen LogP contribution in [-0.4, -0.2) is 17.7 Å². The average molecular weight is 332 g/mol. The molecular weight excluding hydrogens is 308 g/mol. The van der Waals surface area contributed by atoms with Crippen molar-refractivity contribution in [2.45, 2.75) is 26.5 Å². The van der Waals surface area contributed by atoms with E-state index < -0.39 is 0 Å². The van der Waals surface area contributed by atoms with Crippen molar-refractivity contribution in [2.75, 3.05) is 18.1 Å². The molecule has 0 spiro atoms. The lowest BCUT2D eigenvalue weighted by atomic mass is 10.1. The number of rotatable bonds is 4. The second kappa shape index (κ2) is 6.77. The highest BCUT2D eigenvalue weighted by Crippen LogP contribution is 2.33. The third-order valence-electron chi connectivity index (χ3n) is 4.96. The third-order valence-corrected chi connectivity index (χ3v) is 4.96. The highest BCUT2D eigenvalue weighted by atomic mass is 16.5. The molecule has 1 aliphatic rings. The molecule has 25 heavy (non-hydrogen) atoms. The molecule has 1 saturated heterocycles. The van der Waals surface area contributed by atoms with E-state index in [0.29, 0.717) is 0 Å². The van der Waals surface area contributed by atoms with E-state index in [1.54, 1.807) is 0 Å². The number of hydrogen-bond acceptors (Lipinski definition) is 2. The maximum atomic E-state index is 6.05. The molecular formula is C22H24N2O. The predicted molar refractivity (Wildman–Crippen MR) is 102 cm³/mol. The lowest BCUT2D eigenvalue weighted by molar-refractivity contribution is 0.114. The number of benzene rings is 2. The van der Waals surface area contributed by atoms with Gasteiger partial charge in [-0.05, 0) is 48.7 Å². The second-order valence-electron chi connectivity index (χ2n) is 6.58. The van der Waals surface area contributed by atoms with Gasteiger partial charge in [0.2, 0.25) is 0 Å². The minimum atomic E-state index is -0.0160. The highest BCUT2D eigenvalue weighted by Gasteiger charge is 2.28. The summed E-state index contributed by atoms with van der Waals surface area (Å²) >= 11 is 0. The number of nitrogens with zero attached hydrogens (tertiary/aromatic N) is 2. The summed E-state index contributed by atoms with van der Waals surface area (Å²) in [5.41, 5.74) is 6.27. The largest absolute Gasteiger partial charge is 0.352 e. The zero-order valence-electron chi connectivity index (χ0n) is 14.9. The van der Waals surface area contributed by atoms with Crippen LogP contribution in [0.4, 0.5) is 5.69 Å². The monoisotopic (exact) mass is 332 g/mol. The van der Waals surface area contributed by atoms with Crippen molar-refractivity contribution in [3.63, 3.8) is 0 Å². The fraction of sp³-hybridized carbons (Fsp3) is 0.273. The van der Waals surface area contributed by atoms with Crippen LogP contribution in [-0.2, 0) is 11.2 Å². The number of para-hydroxylation sites is 1. The van der Waals surface area contributed by atoms with Crippen LogP contribution in [0.25, 0.3) is 5.69 Å². The quantitative estimate of drug-likeness (QED) is 0.677. The summed E-state index contributed by atoms with van der Waals surface area (Å²) in [4.78, 5) is 2.34. The summed E-state index contributed by atoms with van der Waals surface area (Å²) in [5.74, 6) is 0. The van der Waals surface area contributed by atoms with E-state index in [4.69, 9.17) is 4.74 Å². The Morgan fingerprint density at radius 3 is 2.60 bits per heavy atom. The SMILES string of the molecule is CCc1ccc(N2CCO[C@@H]2c2ccn(-c3ccccc3C)c2)cc1. The molecule has 0 radical (unpaired) electrons. The van der Waals surface area contributed by atoms with E-state index in [-0.39, 0.29) is 6.23 Å². The van der Waals surface area contributed by atoms with E-state index in [2.05, 4.69) is 90.3 Å². The number of ether oxygens (including phenoxy) is 1. The predicted octanol–water partition coefficient (Wildman–Crippen LogP) is 4.88. The molecule has 1 aliphatic heterocycles. The Morgan fingerprint density at radius 2 is 1.84 bits per heavy atom. The lowest BCUT2D eigenvalue weighted by Crippen LogP contribution is -2.22. The molecule has 0 N–H and O–H groups in total. The maximum absolute atomic E-state index is 6.05. The normalized spacial score (nSPS) is 17.2. The van der Waals surface area contributed by atoms with Crippen molar-refractivity contribution in [3.8, 4) is 5.69 Å². The summed E-state index contributed by atoms with van der Waals surface area (Å²) in [6, 6.07) is 19.4. The minimum Gasteiger partial charge on any atom is -0.352 e. The molecule has 1 fully saturated rings. The smallest absolute Gasteiger partial charge is 0.158 e. The van der Waals surface area contributed by atoms with Crippen LogP contribution in [0.15, 0.2) is 67.0 Å². The molecule has 1 atom stereocenters. The van der Waals surface area contributed by atoms with Gasteiger partial charge in [0.25, 0.3) is 0 Å². The summed E-state index contributed by atoms with van der Waals surface area (Å²) < 4.78 is 8.24. The third kappa shape index (κ3) is 3.08. The molecule has 0 saturated carbocycles. The molecule has 3 aromatic rings. The molecule has 3 heteroatoms. The minimum absolute atomic E-state index is 0.0160. The molecule has 2 aromatic carbocycles. The van der Waals surface area contributed by atoms with E-state index in [9.17, 15) is 0 Å². The van der Waals surface area contributed by atoms with Gasteiger partial charge >= 0.3 is 0 Å². The highest BCUT2D eigenvalue weighted by molar-refractivity contribution is 5.50. The van der Waals surface area contributed by atoms with Gasteiger partial charge in [-0.25, -0.2) is 0 Å². The van der Waals surface area contributed by atoms with Crippen LogP contribution in [0.2, 0.25) is 0 Å². The van der Waals surface area contributed by atoms with Crippen molar-refractivity contribution in [2.24, 2.45) is 0 Å². The van der Waals surface area contributed by atoms with E-state index in [1.165, 1.54) is 28.1 Å². The molecule has 0 bridgehead atoms. The van der Waals surface area contributed by atoms with Gasteiger partial charge in [-0.15, -0.1) is 0 Å². The van der Waals surface area contributed by atoms with Crippen molar-refractivity contribution in [3.05, 3.63) is 83.7 Å². The standard InChI is InChI=1S/C22H24N2O/c1-3-18-8-10-20(11-9-18)24-14-15-25-22(24)19-12-13-23(16-19)21-7-5-4-6-17(21)2/h4-13,16,22H,3,14-15H2,1-2H3/t22-/m1/s1. The van der Waals surface area contributed by atoms with Gasteiger partial charge in [-0.1, -0.05) is 37.3 Å². The van der Waals surface area contributed by atoms with Crippen molar-refractivity contribution >= 4 is 5.69 Å². The van der Waals surface area contributed by atoms with Crippen LogP contribution in [0.3, 0.4) is 0 Å². The number of aromatic nitrogens is 1. The Kier molecular flexibility index (Phi) is 4.33. The van der Waals surface area contributed by atoms with Crippen molar-refractivity contribution in [1.82, 2.24) is 4.57 Å². The zero-order valence-corrected chi connectivity index (χ0v) is 14.9. The first kappa shape index (κ1) is 16.0. The van der Waals surface area contributed by atoms with Gasteiger partial charge in [0.05, 0.1) is 6.61 Å². The first-order chi connectivity index (χ1) is 12.3. The molecule has 3 nitrogen and oxygen atoms in total. The van der Waals surface area contributed by atoms with Gasteiger partial charge in [-0.2, -0.15) is 0 Å². The Balaban J connectivity index is 1.61. The number of anilines is 1. The van der Waals surface area contributed by atoms with Gasteiger partial charge in [0.15, 0.2) is 6.23 Å². The molecule has 0 unspecified atom stereocenters. The van der Waals surface area contributed by atoms with Gasteiger partial charge in [0, 0.05) is 35.9 Å². The van der Waals surface area contributed by atoms with Crippen molar-refractivity contribution in [1.29, 1.82) is 0 Å². The van der Waals surface area contributed by atoms with E-state index in [1.807, 2.05) is 0 Å². The molecule has 0 amide bonds. The van der Waals surface area contributed by atoms with Crippen molar-refractivity contribution < 1.29 is 4.74 Å². The van der Waals surface area contributed by atoms with Gasteiger partial charge in [-0.3, -0.25) is 0 Å². The molecule has 2 heterocycles. The second-order valence-corrected chi connectivity index (χ2v) is 6.58. The van der Waals surface area contributed by atoms with Crippen LogP contribution in [0.5, 0.6) is 0 Å². The van der Waals surface area contributed by atoms with Gasteiger partial charge < -0.3 is 14.2 Å². The average Bonchev–Trinajstić information content (AvgIpc) is 3.31. The van der Waals surface area contributed by atoms with E-state index in [0.717, 1.165) is 19.6 Å². The Morgan fingerprint density at radius 1 is 1.04 bits per heavy atom. The number of hydrogen-bond donors (Lipinski definition) is 0. The summed E-state index contributed by atoms with van der Waals surface area (Å²) in [6.07, 6.45) is 5.36. The van der Waals surface area contributed by atoms with Gasteiger partial charge in [0.1, 0.15) is 0 Å².